The van der Waals surface area contributed by atoms with Gasteiger partial charge in [0, 0.05) is 0 Å². The SMILES string of the molecule is CC.CC(=O)C(N)CCc1ccccc1C.CS. The van der Waals surface area contributed by atoms with Gasteiger partial charge < -0.3 is 5.73 Å². The minimum absolute atomic E-state index is 0.0681. The topological polar surface area (TPSA) is 43.1 Å². The van der Waals surface area contributed by atoms with Crippen molar-refractivity contribution in [3.63, 3.8) is 0 Å². The van der Waals surface area contributed by atoms with E-state index in [0.717, 1.165) is 12.8 Å². The second-order valence-electron chi connectivity index (χ2n) is 3.68. The molecular formula is C15H27NOS. The number of ketones is 1. The van der Waals surface area contributed by atoms with Crippen LogP contribution in [0, 0.1) is 6.92 Å². The quantitative estimate of drug-likeness (QED) is 0.823. The lowest BCUT2D eigenvalue weighted by atomic mass is 10.00. The van der Waals surface area contributed by atoms with Crippen LogP contribution in [0.1, 0.15) is 38.3 Å². The Labute approximate surface area is 117 Å². The van der Waals surface area contributed by atoms with E-state index >= 15 is 0 Å². The maximum atomic E-state index is 10.9. The highest BCUT2D eigenvalue weighted by Gasteiger charge is 2.08. The molecule has 2 N–H and O–H groups in total. The van der Waals surface area contributed by atoms with E-state index in [9.17, 15) is 4.79 Å². The van der Waals surface area contributed by atoms with Crippen molar-refractivity contribution < 1.29 is 4.79 Å². The number of benzene rings is 1. The molecule has 0 spiro atoms. The van der Waals surface area contributed by atoms with Gasteiger partial charge in [0.05, 0.1) is 6.04 Å². The zero-order valence-electron chi connectivity index (χ0n) is 12.2. The fraction of sp³-hybridized carbons (Fsp3) is 0.533. The van der Waals surface area contributed by atoms with Crippen LogP contribution < -0.4 is 5.73 Å². The molecular weight excluding hydrogens is 242 g/mol. The van der Waals surface area contributed by atoms with Gasteiger partial charge in [-0.25, -0.2) is 0 Å². The number of thiol groups is 1. The first-order valence-electron chi connectivity index (χ1n) is 6.36. The number of carbonyl (C=O) groups is 1. The molecule has 0 bridgehead atoms. The van der Waals surface area contributed by atoms with Crippen LogP contribution in [0.2, 0.25) is 0 Å². The van der Waals surface area contributed by atoms with Crippen LogP contribution in [0.25, 0.3) is 0 Å². The van der Waals surface area contributed by atoms with E-state index < -0.39 is 0 Å². The van der Waals surface area contributed by atoms with Gasteiger partial charge in [0.15, 0.2) is 0 Å². The van der Waals surface area contributed by atoms with Crippen molar-refractivity contribution >= 4 is 18.4 Å². The minimum atomic E-state index is -0.311. The van der Waals surface area contributed by atoms with Crippen molar-refractivity contribution in [3.05, 3.63) is 35.4 Å². The van der Waals surface area contributed by atoms with Gasteiger partial charge in [-0.05, 0) is 44.1 Å². The third kappa shape index (κ3) is 8.31. The number of aryl methyl sites for hydroxylation is 2. The summed E-state index contributed by atoms with van der Waals surface area (Å²) in [4.78, 5) is 10.9. The fourth-order valence-corrected chi connectivity index (χ4v) is 1.40. The molecule has 2 nitrogen and oxygen atoms in total. The zero-order valence-corrected chi connectivity index (χ0v) is 13.1. The molecule has 3 heteroatoms. The molecule has 1 aromatic carbocycles. The van der Waals surface area contributed by atoms with Crippen LogP contribution in [0.15, 0.2) is 24.3 Å². The van der Waals surface area contributed by atoms with Crippen LogP contribution in [0.4, 0.5) is 0 Å². The number of Topliss-reactive ketones (excluding diaryl/α,β-unsaturated/α-hetero) is 1. The van der Waals surface area contributed by atoms with E-state index in [0.29, 0.717) is 0 Å². The van der Waals surface area contributed by atoms with E-state index in [1.54, 1.807) is 13.2 Å². The summed E-state index contributed by atoms with van der Waals surface area (Å²) in [5, 5.41) is 0. The van der Waals surface area contributed by atoms with Gasteiger partial charge in [0.25, 0.3) is 0 Å². The van der Waals surface area contributed by atoms with Crippen LogP contribution in [0.5, 0.6) is 0 Å². The van der Waals surface area contributed by atoms with Crippen molar-refractivity contribution in [2.75, 3.05) is 6.26 Å². The molecule has 1 atom stereocenters. The molecule has 0 fully saturated rings. The molecule has 0 aromatic heterocycles. The summed E-state index contributed by atoms with van der Waals surface area (Å²) in [6.45, 7) is 7.62. The Morgan fingerprint density at radius 3 is 2.22 bits per heavy atom. The predicted molar refractivity (Wildman–Crippen MR) is 84.4 cm³/mol. The lowest BCUT2D eigenvalue weighted by Gasteiger charge is -2.09. The smallest absolute Gasteiger partial charge is 0.146 e. The number of hydrogen-bond acceptors (Lipinski definition) is 3. The molecule has 0 amide bonds. The Bertz CT molecular complexity index is 326. The Morgan fingerprint density at radius 2 is 1.78 bits per heavy atom. The monoisotopic (exact) mass is 269 g/mol. The Morgan fingerprint density at radius 1 is 1.28 bits per heavy atom. The van der Waals surface area contributed by atoms with Crippen molar-refractivity contribution in [2.24, 2.45) is 5.73 Å². The molecule has 18 heavy (non-hydrogen) atoms. The average molecular weight is 269 g/mol. The van der Waals surface area contributed by atoms with Gasteiger partial charge in [-0.2, -0.15) is 12.6 Å². The maximum Gasteiger partial charge on any atom is 0.146 e. The standard InChI is InChI=1S/C12H17NO.C2H6.CH4S/c1-9-5-3-4-6-11(9)7-8-12(13)10(2)14;2*1-2/h3-6,12H,7-8,13H2,1-2H3;1-2H3;2H,1H3. The van der Waals surface area contributed by atoms with Gasteiger partial charge >= 0.3 is 0 Å². The summed E-state index contributed by atoms with van der Waals surface area (Å²) in [5.74, 6) is 0.0681. The molecule has 0 aliphatic rings. The van der Waals surface area contributed by atoms with E-state index in [-0.39, 0.29) is 11.8 Å². The summed E-state index contributed by atoms with van der Waals surface area (Å²) >= 11 is 3.53. The minimum Gasteiger partial charge on any atom is -0.322 e. The van der Waals surface area contributed by atoms with Crippen molar-refractivity contribution in [1.82, 2.24) is 0 Å². The summed E-state index contributed by atoms with van der Waals surface area (Å²) in [6.07, 6.45) is 3.31. The number of hydrogen-bond donors (Lipinski definition) is 2. The lowest BCUT2D eigenvalue weighted by molar-refractivity contribution is -0.118. The van der Waals surface area contributed by atoms with Gasteiger partial charge in [0.1, 0.15) is 5.78 Å². The first-order chi connectivity index (χ1) is 8.61. The van der Waals surface area contributed by atoms with Crippen LogP contribution in [0.3, 0.4) is 0 Å². The highest BCUT2D eigenvalue weighted by Crippen LogP contribution is 2.10. The summed E-state index contributed by atoms with van der Waals surface area (Å²) in [7, 11) is 0. The zero-order chi connectivity index (χ0) is 14.6. The Hall–Kier alpha value is -0.800. The lowest BCUT2D eigenvalue weighted by Crippen LogP contribution is -2.28. The van der Waals surface area contributed by atoms with E-state index in [4.69, 9.17) is 5.73 Å². The molecule has 0 saturated carbocycles. The molecule has 1 unspecified atom stereocenters. The summed E-state index contributed by atoms with van der Waals surface area (Å²) in [6, 6.07) is 7.89. The highest BCUT2D eigenvalue weighted by atomic mass is 32.1. The molecule has 1 rings (SSSR count). The van der Waals surface area contributed by atoms with Crippen LogP contribution in [-0.2, 0) is 11.2 Å². The first kappa shape index (κ1) is 19.5. The molecule has 0 saturated heterocycles. The van der Waals surface area contributed by atoms with Crippen molar-refractivity contribution in [2.45, 2.75) is 46.6 Å². The number of rotatable bonds is 4. The normalized spacial score (nSPS) is 10.4. The van der Waals surface area contributed by atoms with Gasteiger partial charge in [0.2, 0.25) is 0 Å². The Kier molecular flexibility index (Phi) is 13.7. The van der Waals surface area contributed by atoms with Gasteiger partial charge in [-0.15, -0.1) is 0 Å². The fourth-order valence-electron chi connectivity index (χ4n) is 1.40. The molecule has 0 aliphatic carbocycles. The molecule has 0 aliphatic heterocycles. The van der Waals surface area contributed by atoms with Gasteiger partial charge in [-0.3, -0.25) is 4.79 Å². The largest absolute Gasteiger partial charge is 0.322 e. The summed E-state index contributed by atoms with van der Waals surface area (Å²) in [5.41, 5.74) is 8.21. The van der Waals surface area contributed by atoms with E-state index in [2.05, 4.69) is 31.7 Å². The number of carbonyl (C=O) groups excluding carboxylic acids is 1. The maximum absolute atomic E-state index is 10.9. The third-order valence-electron chi connectivity index (χ3n) is 2.51. The van der Waals surface area contributed by atoms with Crippen LogP contribution in [-0.4, -0.2) is 18.1 Å². The van der Waals surface area contributed by atoms with Crippen molar-refractivity contribution in [3.8, 4) is 0 Å². The van der Waals surface area contributed by atoms with E-state index in [1.165, 1.54) is 11.1 Å². The van der Waals surface area contributed by atoms with Gasteiger partial charge in [-0.1, -0.05) is 38.1 Å². The van der Waals surface area contributed by atoms with E-state index in [1.807, 2.05) is 26.0 Å². The summed E-state index contributed by atoms with van der Waals surface area (Å²) < 4.78 is 0. The highest BCUT2D eigenvalue weighted by molar-refractivity contribution is 7.79. The predicted octanol–water partition coefficient (Wildman–Crippen LogP) is 3.42. The first-order valence-corrected chi connectivity index (χ1v) is 7.26. The Balaban J connectivity index is 0. The van der Waals surface area contributed by atoms with Crippen LogP contribution >= 0.6 is 12.6 Å². The average Bonchev–Trinajstić information content (AvgIpc) is 2.42. The third-order valence-corrected chi connectivity index (χ3v) is 2.51. The molecule has 0 radical (unpaired) electrons. The molecule has 0 heterocycles. The molecule has 1 aromatic rings. The molecule has 104 valence electrons. The van der Waals surface area contributed by atoms with Crippen molar-refractivity contribution in [1.29, 1.82) is 0 Å². The second kappa shape index (κ2) is 12.7. The second-order valence-corrected chi connectivity index (χ2v) is 3.68. The number of nitrogens with two attached hydrogens (primary N) is 1.